The Labute approximate surface area is 167 Å². The number of ether oxygens (including phenoxy) is 2. The summed E-state index contributed by atoms with van der Waals surface area (Å²) in [5, 5.41) is 10.0. The van der Waals surface area contributed by atoms with Crippen LogP contribution in [0, 0.1) is 17.2 Å². The fraction of sp³-hybridized carbons (Fsp3) is 0.500. The molecule has 0 spiro atoms. The van der Waals surface area contributed by atoms with Gasteiger partial charge < -0.3 is 14.4 Å². The van der Waals surface area contributed by atoms with Crippen molar-refractivity contribution in [2.45, 2.75) is 18.9 Å². The van der Waals surface area contributed by atoms with Crippen LogP contribution in [0.4, 0.5) is 15.6 Å². The van der Waals surface area contributed by atoms with Gasteiger partial charge in [0.15, 0.2) is 5.13 Å². The maximum absolute atomic E-state index is 12.1. The molecule has 1 aromatic carbocycles. The van der Waals surface area contributed by atoms with Gasteiger partial charge in [0.2, 0.25) is 0 Å². The molecule has 2 saturated heterocycles. The molecule has 2 aliphatic heterocycles. The van der Waals surface area contributed by atoms with Crippen molar-refractivity contribution in [1.29, 1.82) is 5.26 Å². The molecule has 2 aromatic rings. The number of hydrogen-bond donors (Lipinski definition) is 0. The number of carbonyl (C=O) groups excluding carboxylic acids is 1. The molecule has 2 fully saturated rings. The minimum Gasteiger partial charge on any atom is -0.441 e. The zero-order chi connectivity index (χ0) is 18.1. The van der Waals surface area contributed by atoms with E-state index in [4.69, 9.17) is 19.7 Å². The van der Waals surface area contributed by atoms with Crippen LogP contribution in [0.2, 0.25) is 0 Å². The largest absolute Gasteiger partial charge is 0.441 e. The van der Waals surface area contributed by atoms with Crippen LogP contribution in [0.15, 0.2) is 18.2 Å². The first-order valence-corrected chi connectivity index (χ1v) is 9.52. The number of hydrogen-bond acceptors (Lipinski definition) is 7. The van der Waals surface area contributed by atoms with Gasteiger partial charge in [0.05, 0.1) is 29.4 Å². The van der Waals surface area contributed by atoms with Crippen LogP contribution < -0.4 is 9.80 Å². The summed E-state index contributed by atoms with van der Waals surface area (Å²) >= 11 is 1.63. The number of thiazole rings is 1. The minimum atomic E-state index is -0.338. The van der Waals surface area contributed by atoms with Crippen LogP contribution >= 0.6 is 23.7 Å². The van der Waals surface area contributed by atoms with Crippen LogP contribution in [-0.4, -0.2) is 50.5 Å². The third-order valence-corrected chi connectivity index (χ3v) is 5.93. The van der Waals surface area contributed by atoms with E-state index in [2.05, 4.69) is 11.0 Å². The van der Waals surface area contributed by atoms with E-state index in [1.54, 1.807) is 23.3 Å². The number of nitriles is 1. The van der Waals surface area contributed by atoms with Gasteiger partial charge in [-0.15, -0.1) is 12.4 Å². The quantitative estimate of drug-likeness (QED) is 0.771. The number of nitrogens with zero attached hydrogens (tertiary/aromatic N) is 4. The van der Waals surface area contributed by atoms with Crippen LogP contribution in [0.25, 0.3) is 10.2 Å². The van der Waals surface area contributed by atoms with E-state index in [0.29, 0.717) is 13.2 Å². The summed E-state index contributed by atoms with van der Waals surface area (Å²) in [7, 11) is 1.60. The van der Waals surface area contributed by atoms with Crippen molar-refractivity contribution in [3.8, 4) is 6.07 Å². The molecule has 0 radical (unpaired) electrons. The van der Waals surface area contributed by atoms with E-state index in [1.807, 2.05) is 18.2 Å². The summed E-state index contributed by atoms with van der Waals surface area (Å²) in [5.41, 5.74) is 1.75. The molecule has 0 N–H and O–H groups in total. The number of rotatable bonds is 4. The number of fused-ring (bicyclic) bond motifs is 1. The predicted molar refractivity (Wildman–Crippen MR) is 107 cm³/mol. The Balaban J connectivity index is 0.00000210. The Bertz CT molecular complexity index is 860. The Kier molecular flexibility index (Phi) is 6.05. The molecule has 1 amide bonds. The Morgan fingerprint density at radius 2 is 2.19 bits per heavy atom. The van der Waals surface area contributed by atoms with Gasteiger partial charge in [-0.25, -0.2) is 9.78 Å². The van der Waals surface area contributed by atoms with E-state index < -0.39 is 0 Å². The standard InChI is InChI=1S/C18H20N4O3S.ClH/c1-24-11-14-10-22(18(23)25-14)13-2-3-15-16(8-13)26-17(20-15)21-6-4-12(9-19)5-7-21;/h2-3,8,12,14H,4-7,10-11H2,1H3;1H. The first-order chi connectivity index (χ1) is 12.7. The van der Waals surface area contributed by atoms with E-state index >= 15 is 0 Å². The van der Waals surface area contributed by atoms with Crippen LogP contribution in [0.3, 0.4) is 0 Å². The molecule has 1 unspecified atom stereocenters. The maximum Gasteiger partial charge on any atom is 0.414 e. The third kappa shape index (κ3) is 3.95. The first-order valence-electron chi connectivity index (χ1n) is 8.70. The molecule has 2 aliphatic rings. The number of cyclic esters (lactones) is 1. The molecule has 0 saturated carbocycles. The van der Waals surface area contributed by atoms with Crippen molar-refractivity contribution < 1.29 is 14.3 Å². The molecule has 4 rings (SSSR count). The van der Waals surface area contributed by atoms with Crippen LogP contribution in [0.1, 0.15) is 12.8 Å². The van der Waals surface area contributed by atoms with Crippen molar-refractivity contribution in [3.05, 3.63) is 18.2 Å². The Morgan fingerprint density at radius 3 is 2.89 bits per heavy atom. The van der Waals surface area contributed by atoms with Gasteiger partial charge in [-0.3, -0.25) is 4.90 Å². The highest BCUT2D eigenvalue weighted by atomic mass is 35.5. The zero-order valence-corrected chi connectivity index (χ0v) is 16.6. The van der Waals surface area contributed by atoms with Gasteiger partial charge in [-0.2, -0.15) is 5.26 Å². The highest BCUT2D eigenvalue weighted by Crippen LogP contribution is 2.34. The van der Waals surface area contributed by atoms with Crippen molar-refractivity contribution in [1.82, 2.24) is 4.98 Å². The lowest BCUT2D eigenvalue weighted by molar-refractivity contribution is 0.0718. The molecule has 1 aromatic heterocycles. The average Bonchev–Trinajstić information content (AvgIpc) is 3.24. The summed E-state index contributed by atoms with van der Waals surface area (Å²) in [5.74, 6) is 0.161. The monoisotopic (exact) mass is 408 g/mol. The molecular weight excluding hydrogens is 388 g/mol. The third-order valence-electron chi connectivity index (χ3n) is 4.85. The summed E-state index contributed by atoms with van der Waals surface area (Å²) in [6, 6.07) is 8.21. The second-order valence-corrected chi connectivity index (χ2v) is 7.62. The number of piperidine rings is 1. The molecular formula is C18H21ClN4O3S. The Morgan fingerprint density at radius 1 is 1.41 bits per heavy atom. The van der Waals surface area contributed by atoms with Crippen molar-refractivity contribution in [3.63, 3.8) is 0 Å². The molecule has 9 heteroatoms. The molecule has 144 valence electrons. The topological polar surface area (TPSA) is 78.7 Å². The second kappa shape index (κ2) is 8.30. The normalized spacial score (nSPS) is 20.4. The van der Waals surface area contributed by atoms with Gasteiger partial charge in [-0.05, 0) is 31.0 Å². The van der Waals surface area contributed by atoms with E-state index in [9.17, 15) is 4.79 Å². The van der Waals surface area contributed by atoms with E-state index in [1.165, 1.54) is 0 Å². The van der Waals surface area contributed by atoms with E-state index in [0.717, 1.165) is 47.0 Å². The lowest BCUT2D eigenvalue weighted by Crippen LogP contribution is -2.33. The van der Waals surface area contributed by atoms with Crippen molar-refractivity contribution in [2.75, 3.05) is 43.2 Å². The SMILES string of the molecule is COCC1CN(c2ccc3nc(N4CCC(C#N)CC4)sc3c2)C(=O)O1.Cl. The molecule has 7 nitrogen and oxygen atoms in total. The van der Waals surface area contributed by atoms with E-state index in [-0.39, 0.29) is 30.5 Å². The first kappa shape index (κ1) is 19.7. The number of carbonyl (C=O) groups is 1. The number of amides is 1. The Hall–Kier alpha value is -2.08. The van der Waals surface area contributed by atoms with Gasteiger partial charge >= 0.3 is 6.09 Å². The molecule has 0 aliphatic carbocycles. The molecule has 27 heavy (non-hydrogen) atoms. The highest BCUT2D eigenvalue weighted by molar-refractivity contribution is 7.22. The van der Waals surface area contributed by atoms with Gasteiger partial charge in [0.25, 0.3) is 0 Å². The fourth-order valence-electron chi connectivity index (χ4n) is 3.41. The summed E-state index contributed by atoms with van der Waals surface area (Å²) in [6.45, 7) is 2.61. The van der Waals surface area contributed by atoms with Gasteiger partial charge in [0, 0.05) is 31.8 Å². The second-order valence-electron chi connectivity index (χ2n) is 6.61. The summed E-state index contributed by atoms with van der Waals surface area (Å²) in [4.78, 5) is 20.7. The minimum absolute atomic E-state index is 0. The maximum atomic E-state index is 12.1. The van der Waals surface area contributed by atoms with Gasteiger partial charge in [-0.1, -0.05) is 11.3 Å². The smallest absolute Gasteiger partial charge is 0.414 e. The highest BCUT2D eigenvalue weighted by Gasteiger charge is 2.32. The number of aromatic nitrogens is 1. The molecule has 0 bridgehead atoms. The number of methoxy groups -OCH3 is 1. The zero-order valence-electron chi connectivity index (χ0n) is 15.0. The lowest BCUT2D eigenvalue weighted by atomic mass is 9.99. The fourth-order valence-corrected chi connectivity index (χ4v) is 4.46. The molecule has 3 heterocycles. The average molecular weight is 409 g/mol. The summed E-state index contributed by atoms with van der Waals surface area (Å²) < 4.78 is 11.4. The number of halogens is 1. The van der Waals surface area contributed by atoms with Crippen molar-refractivity contribution in [2.24, 2.45) is 5.92 Å². The lowest BCUT2D eigenvalue weighted by Gasteiger charge is -2.28. The van der Waals surface area contributed by atoms with Crippen LogP contribution in [0.5, 0.6) is 0 Å². The van der Waals surface area contributed by atoms with Crippen LogP contribution in [-0.2, 0) is 9.47 Å². The summed E-state index contributed by atoms with van der Waals surface area (Å²) in [6.07, 6.45) is 1.20. The number of anilines is 2. The van der Waals surface area contributed by atoms with Crippen molar-refractivity contribution >= 4 is 50.9 Å². The number of benzene rings is 1. The molecule has 1 atom stereocenters. The predicted octanol–water partition coefficient (Wildman–Crippen LogP) is 3.43. The van der Waals surface area contributed by atoms with Gasteiger partial charge in [0.1, 0.15) is 6.10 Å².